The van der Waals surface area contributed by atoms with E-state index in [1.807, 2.05) is 25.3 Å². The highest BCUT2D eigenvalue weighted by Gasteiger charge is 2.25. The predicted molar refractivity (Wildman–Crippen MR) is 63.1 cm³/mol. The van der Waals surface area contributed by atoms with Crippen LogP contribution in [0.1, 0.15) is 18.9 Å². The van der Waals surface area contributed by atoms with Gasteiger partial charge in [-0.05, 0) is 31.0 Å². The third-order valence-corrected chi connectivity index (χ3v) is 2.92. The zero-order chi connectivity index (χ0) is 11.9. The van der Waals surface area contributed by atoms with E-state index in [2.05, 4.69) is 10.3 Å². The Kier molecular flexibility index (Phi) is 5.38. The Balaban J connectivity index is 2.39. The van der Waals surface area contributed by atoms with Crippen LogP contribution in [-0.4, -0.2) is 40.5 Å². The fraction of sp³-hybridized carbons (Fsp3) is 0.583. The van der Waals surface area contributed by atoms with Crippen LogP contribution in [0.5, 0.6) is 0 Å². The van der Waals surface area contributed by atoms with Crippen LogP contribution in [0.3, 0.4) is 0 Å². The summed E-state index contributed by atoms with van der Waals surface area (Å²) in [6.45, 7) is 2.57. The van der Waals surface area contributed by atoms with Crippen LogP contribution in [0.15, 0.2) is 24.5 Å². The Morgan fingerprint density at radius 1 is 1.38 bits per heavy atom. The average Bonchev–Trinajstić information content (AvgIpc) is 2.37. The van der Waals surface area contributed by atoms with Crippen LogP contribution < -0.4 is 5.32 Å². The molecule has 0 atom stereocenters. The fourth-order valence-electron chi connectivity index (χ4n) is 1.53. The lowest BCUT2D eigenvalue weighted by atomic mass is 9.98. The Morgan fingerprint density at radius 2 is 2.12 bits per heavy atom. The van der Waals surface area contributed by atoms with E-state index in [0.29, 0.717) is 6.42 Å². The van der Waals surface area contributed by atoms with Crippen LogP contribution in [0.25, 0.3) is 0 Å². The van der Waals surface area contributed by atoms with Gasteiger partial charge in [-0.2, -0.15) is 0 Å². The van der Waals surface area contributed by atoms with Gasteiger partial charge in [-0.15, -0.1) is 0 Å². The quantitative estimate of drug-likeness (QED) is 0.625. The number of hydrogen-bond acceptors (Lipinski definition) is 4. The number of pyridine rings is 1. The molecule has 0 aliphatic rings. The summed E-state index contributed by atoms with van der Waals surface area (Å²) in [5.41, 5.74) is 0.596. The van der Waals surface area contributed by atoms with Crippen molar-refractivity contribution < 1.29 is 10.2 Å². The molecule has 4 heteroatoms. The van der Waals surface area contributed by atoms with Crippen LogP contribution in [0.2, 0.25) is 0 Å². The van der Waals surface area contributed by atoms with E-state index in [9.17, 15) is 10.2 Å². The molecule has 0 saturated carbocycles. The monoisotopic (exact) mass is 224 g/mol. The van der Waals surface area contributed by atoms with Crippen molar-refractivity contribution in [1.82, 2.24) is 10.3 Å². The molecule has 1 heterocycles. The van der Waals surface area contributed by atoms with Crippen molar-refractivity contribution in [3.05, 3.63) is 30.1 Å². The van der Waals surface area contributed by atoms with Crippen molar-refractivity contribution in [2.75, 3.05) is 19.8 Å². The predicted octanol–water partition coefficient (Wildman–Crippen LogP) is 0.347. The van der Waals surface area contributed by atoms with Crippen molar-refractivity contribution in [3.63, 3.8) is 0 Å². The van der Waals surface area contributed by atoms with Crippen LogP contribution in [-0.2, 0) is 6.42 Å². The van der Waals surface area contributed by atoms with Gasteiger partial charge in [-0.1, -0.05) is 13.0 Å². The molecule has 0 aliphatic heterocycles. The van der Waals surface area contributed by atoms with E-state index in [1.165, 1.54) is 0 Å². The minimum Gasteiger partial charge on any atom is -0.394 e. The normalized spacial score (nSPS) is 11.7. The Bertz CT molecular complexity index is 278. The summed E-state index contributed by atoms with van der Waals surface area (Å²) in [6, 6.07) is 3.92. The molecule has 0 unspecified atom stereocenters. The summed E-state index contributed by atoms with van der Waals surface area (Å²) in [5.74, 6) is 0. The minimum atomic E-state index is -0.553. The average molecular weight is 224 g/mol. The van der Waals surface area contributed by atoms with Crippen molar-refractivity contribution in [2.24, 2.45) is 0 Å². The van der Waals surface area contributed by atoms with Crippen molar-refractivity contribution in [2.45, 2.75) is 25.3 Å². The van der Waals surface area contributed by atoms with Crippen molar-refractivity contribution in [3.8, 4) is 0 Å². The molecule has 16 heavy (non-hydrogen) atoms. The lowest BCUT2D eigenvalue weighted by Gasteiger charge is -2.29. The lowest BCUT2D eigenvalue weighted by Crippen LogP contribution is -2.51. The maximum absolute atomic E-state index is 9.24. The maximum Gasteiger partial charge on any atom is 0.0645 e. The molecule has 0 radical (unpaired) electrons. The number of aromatic nitrogens is 1. The van der Waals surface area contributed by atoms with E-state index < -0.39 is 5.54 Å². The second-order valence-electron chi connectivity index (χ2n) is 3.99. The zero-order valence-corrected chi connectivity index (χ0v) is 9.69. The molecule has 1 rings (SSSR count). The first-order chi connectivity index (χ1) is 7.76. The second kappa shape index (κ2) is 6.58. The Labute approximate surface area is 96.3 Å². The van der Waals surface area contributed by atoms with E-state index in [1.54, 1.807) is 6.20 Å². The number of nitrogens with one attached hydrogen (secondary N) is 1. The molecule has 0 saturated heterocycles. The number of hydrogen-bond donors (Lipinski definition) is 3. The van der Waals surface area contributed by atoms with E-state index in [-0.39, 0.29) is 13.2 Å². The molecule has 90 valence electrons. The number of aliphatic hydroxyl groups is 2. The van der Waals surface area contributed by atoms with Gasteiger partial charge in [0.05, 0.1) is 18.8 Å². The summed E-state index contributed by atoms with van der Waals surface area (Å²) >= 11 is 0. The fourth-order valence-corrected chi connectivity index (χ4v) is 1.53. The molecule has 4 nitrogen and oxygen atoms in total. The second-order valence-corrected chi connectivity index (χ2v) is 3.99. The molecule has 1 aromatic rings. The summed E-state index contributed by atoms with van der Waals surface area (Å²) < 4.78 is 0. The number of aliphatic hydroxyl groups excluding tert-OH is 2. The van der Waals surface area contributed by atoms with Gasteiger partial charge >= 0.3 is 0 Å². The molecule has 0 aliphatic carbocycles. The van der Waals surface area contributed by atoms with Crippen LogP contribution in [0, 0.1) is 0 Å². The third kappa shape index (κ3) is 3.56. The van der Waals surface area contributed by atoms with Gasteiger partial charge in [0.1, 0.15) is 0 Å². The highest BCUT2D eigenvalue weighted by atomic mass is 16.3. The van der Waals surface area contributed by atoms with Crippen molar-refractivity contribution in [1.29, 1.82) is 0 Å². The Morgan fingerprint density at radius 3 is 2.62 bits per heavy atom. The van der Waals surface area contributed by atoms with Crippen LogP contribution in [0.4, 0.5) is 0 Å². The van der Waals surface area contributed by atoms with E-state index in [4.69, 9.17) is 0 Å². The van der Waals surface area contributed by atoms with Gasteiger partial charge in [0, 0.05) is 12.4 Å². The van der Waals surface area contributed by atoms with Crippen LogP contribution >= 0.6 is 0 Å². The first-order valence-corrected chi connectivity index (χ1v) is 5.62. The van der Waals surface area contributed by atoms with Gasteiger partial charge in [0.15, 0.2) is 0 Å². The van der Waals surface area contributed by atoms with Gasteiger partial charge in [-0.25, -0.2) is 0 Å². The molecular weight excluding hydrogens is 204 g/mol. The summed E-state index contributed by atoms with van der Waals surface area (Å²) in [5, 5.41) is 21.7. The lowest BCUT2D eigenvalue weighted by molar-refractivity contribution is 0.0883. The van der Waals surface area contributed by atoms with Gasteiger partial charge in [-0.3, -0.25) is 4.98 Å². The molecular formula is C12H20N2O2. The topological polar surface area (TPSA) is 65.4 Å². The first kappa shape index (κ1) is 13.1. The summed E-state index contributed by atoms with van der Waals surface area (Å²) in [7, 11) is 0. The molecule has 0 spiro atoms. The standard InChI is InChI=1S/C12H20N2O2/c1-2-12(9-15,10-16)14-7-5-11-4-3-6-13-8-11/h3-4,6,8,14-16H,2,5,7,9-10H2,1H3. The molecule has 3 N–H and O–H groups in total. The highest BCUT2D eigenvalue weighted by Crippen LogP contribution is 2.08. The highest BCUT2D eigenvalue weighted by molar-refractivity contribution is 5.08. The largest absolute Gasteiger partial charge is 0.394 e. The SMILES string of the molecule is CCC(CO)(CO)NCCc1cccnc1. The van der Waals surface area contributed by atoms with E-state index in [0.717, 1.165) is 18.5 Å². The summed E-state index contributed by atoms with van der Waals surface area (Å²) in [4.78, 5) is 4.03. The molecule has 0 amide bonds. The smallest absolute Gasteiger partial charge is 0.0645 e. The molecule has 0 fully saturated rings. The zero-order valence-electron chi connectivity index (χ0n) is 9.69. The Hall–Kier alpha value is -0.970. The number of rotatable bonds is 7. The number of nitrogens with zero attached hydrogens (tertiary/aromatic N) is 1. The van der Waals surface area contributed by atoms with Gasteiger partial charge in [0.25, 0.3) is 0 Å². The molecule has 0 bridgehead atoms. The van der Waals surface area contributed by atoms with Crippen molar-refractivity contribution >= 4 is 0 Å². The third-order valence-electron chi connectivity index (χ3n) is 2.92. The summed E-state index contributed by atoms with van der Waals surface area (Å²) in [6.07, 6.45) is 5.12. The maximum atomic E-state index is 9.24. The van der Waals surface area contributed by atoms with Gasteiger partial charge < -0.3 is 15.5 Å². The first-order valence-electron chi connectivity index (χ1n) is 5.62. The van der Waals surface area contributed by atoms with Gasteiger partial charge in [0.2, 0.25) is 0 Å². The minimum absolute atomic E-state index is 0.0486. The molecule has 1 aromatic heterocycles. The van der Waals surface area contributed by atoms with E-state index >= 15 is 0 Å². The molecule has 0 aromatic carbocycles.